The molecule has 0 saturated carbocycles. The lowest BCUT2D eigenvalue weighted by Gasteiger charge is -2.21. The van der Waals surface area contributed by atoms with E-state index in [4.69, 9.17) is 0 Å². The first-order chi connectivity index (χ1) is 9.52. The van der Waals surface area contributed by atoms with Crippen LogP contribution in [0.3, 0.4) is 0 Å². The molecule has 20 heavy (non-hydrogen) atoms. The summed E-state index contributed by atoms with van der Waals surface area (Å²) in [5, 5.41) is 6.67. The van der Waals surface area contributed by atoms with Gasteiger partial charge < -0.3 is 15.5 Å². The third kappa shape index (κ3) is 6.06. The van der Waals surface area contributed by atoms with Gasteiger partial charge in [0, 0.05) is 32.7 Å². The fourth-order valence-corrected chi connectivity index (χ4v) is 1.84. The van der Waals surface area contributed by atoms with Crippen LogP contribution < -0.4 is 10.6 Å². The molecule has 0 aliphatic heterocycles. The van der Waals surface area contributed by atoms with Crippen LogP contribution in [0.15, 0.2) is 29.3 Å². The molecule has 2 N–H and O–H groups in total. The lowest BCUT2D eigenvalue weighted by Crippen LogP contribution is -2.41. The predicted molar refractivity (Wildman–Crippen MR) is 87.1 cm³/mol. The van der Waals surface area contributed by atoms with E-state index in [1.165, 1.54) is 11.1 Å². The van der Waals surface area contributed by atoms with Crippen molar-refractivity contribution in [2.24, 2.45) is 4.99 Å². The number of nitrogens with zero attached hydrogens (tertiary/aromatic N) is 2. The number of hydrogen-bond donors (Lipinski definition) is 2. The highest BCUT2D eigenvalue weighted by atomic mass is 15.2. The number of hydrogen-bond acceptors (Lipinski definition) is 2. The fourth-order valence-electron chi connectivity index (χ4n) is 1.84. The molecule has 1 rings (SSSR count). The lowest BCUT2D eigenvalue weighted by atomic mass is 10.1. The maximum Gasteiger partial charge on any atom is 0.191 e. The molecule has 112 valence electrons. The van der Waals surface area contributed by atoms with Gasteiger partial charge in [-0.05, 0) is 33.4 Å². The van der Waals surface area contributed by atoms with E-state index in [0.717, 1.165) is 25.6 Å². The molecule has 4 nitrogen and oxygen atoms in total. The fraction of sp³-hybridized carbons (Fsp3) is 0.562. The Morgan fingerprint density at radius 1 is 1.30 bits per heavy atom. The second-order valence-electron chi connectivity index (χ2n) is 5.42. The highest BCUT2D eigenvalue weighted by Crippen LogP contribution is 2.02. The van der Waals surface area contributed by atoms with E-state index in [0.29, 0.717) is 6.04 Å². The van der Waals surface area contributed by atoms with Crippen LogP contribution in [0, 0.1) is 6.92 Å². The standard InChI is InChI=1S/C16H28N4/c1-13(2)20(5)10-9-18-16(17-4)19-12-15-8-6-7-14(3)11-15/h6-8,11,13H,9-10,12H2,1-5H3,(H2,17,18,19). The lowest BCUT2D eigenvalue weighted by molar-refractivity contribution is 0.278. The minimum absolute atomic E-state index is 0.569. The Hall–Kier alpha value is -1.55. The van der Waals surface area contributed by atoms with Gasteiger partial charge in [-0.2, -0.15) is 0 Å². The van der Waals surface area contributed by atoms with Crippen LogP contribution in [0.1, 0.15) is 25.0 Å². The van der Waals surface area contributed by atoms with Crippen molar-refractivity contribution in [2.45, 2.75) is 33.4 Å². The minimum atomic E-state index is 0.569. The number of aryl methyl sites for hydroxylation is 1. The van der Waals surface area contributed by atoms with Crippen LogP contribution in [-0.4, -0.2) is 44.1 Å². The van der Waals surface area contributed by atoms with Crippen molar-refractivity contribution < 1.29 is 0 Å². The largest absolute Gasteiger partial charge is 0.355 e. The molecule has 0 aliphatic rings. The molecule has 0 heterocycles. The third-order valence-corrected chi connectivity index (χ3v) is 3.40. The van der Waals surface area contributed by atoms with Gasteiger partial charge in [0.15, 0.2) is 5.96 Å². The summed E-state index contributed by atoms with van der Waals surface area (Å²) in [4.78, 5) is 6.55. The zero-order valence-electron chi connectivity index (χ0n) is 13.4. The number of benzene rings is 1. The maximum absolute atomic E-state index is 4.24. The van der Waals surface area contributed by atoms with Crippen LogP contribution in [0.4, 0.5) is 0 Å². The minimum Gasteiger partial charge on any atom is -0.355 e. The van der Waals surface area contributed by atoms with E-state index in [9.17, 15) is 0 Å². The van der Waals surface area contributed by atoms with Gasteiger partial charge in [0.2, 0.25) is 0 Å². The van der Waals surface area contributed by atoms with Gasteiger partial charge in [0.05, 0.1) is 0 Å². The number of aliphatic imine (C=N–C) groups is 1. The zero-order chi connectivity index (χ0) is 15.0. The molecule has 0 amide bonds. The van der Waals surface area contributed by atoms with Crippen molar-refractivity contribution in [1.29, 1.82) is 0 Å². The van der Waals surface area contributed by atoms with Crippen molar-refractivity contribution in [3.63, 3.8) is 0 Å². The molecule has 1 aromatic rings. The van der Waals surface area contributed by atoms with Crippen molar-refractivity contribution in [3.05, 3.63) is 35.4 Å². The molecule has 0 aromatic heterocycles. The van der Waals surface area contributed by atoms with Crippen LogP contribution in [0.2, 0.25) is 0 Å². The summed E-state index contributed by atoms with van der Waals surface area (Å²) in [6, 6.07) is 9.07. The molecular weight excluding hydrogens is 248 g/mol. The van der Waals surface area contributed by atoms with E-state index in [2.05, 4.69) is 72.6 Å². The van der Waals surface area contributed by atoms with Crippen molar-refractivity contribution in [2.75, 3.05) is 27.2 Å². The molecule has 0 atom stereocenters. The highest BCUT2D eigenvalue weighted by Gasteiger charge is 2.03. The average Bonchev–Trinajstić information content (AvgIpc) is 2.42. The van der Waals surface area contributed by atoms with E-state index < -0.39 is 0 Å². The summed E-state index contributed by atoms with van der Waals surface area (Å²) >= 11 is 0. The van der Waals surface area contributed by atoms with Gasteiger partial charge in [-0.3, -0.25) is 4.99 Å². The van der Waals surface area contributed by atoms with Crippen LogP contribution >= 0.6 is 0 Å². The summed E-state index contributed by atoms with van der Waals surface area (Å²) in [6.07, 6.45) is 0. The first-order valence-electron chi connectivity index (χ1n) is 7.23. The molecule has 0 saturated heterocycles. The van der Waals surface area contributed by atoms with Crippen LogP contribution in [0.5, 0.6) is 0 Å². The first-order valence-corrected chi connectivity index (χ1v) is 7.23. The summed E-state index contributed by atoms with van der Waals surface area (Å²) in [7, 11) is 3.94. The van der Waals surface area contributed by atoms with E-state index >= 15 is 0 Å². The van der Waals surface area contributed by atoms with Gasteiger partial charge in [-0.25, -0.2) is 0 Å². The number of guanidine groups is 1. The van der Waals surface area contributed by atoms with E-state index in [-0.39, 0.29) is 0 Å². The normalized spacial score (nSPS) is 12.1. The van der Waals surface area contributed by atoms with Gasteiger partial charge in [-0.15, -0.1) is 0 Å². The molecule has 0 fully saturated rings. The third-order valence-electron chi connectivity index (χ3n) is 3.40. The second-order valence-corrected chi connectivity index (χ2v) is 5.42. The zero-order valence-corrected chi connectivity index (χ0v) is 13.4. The Balaban J connectivity index is 2.33. The number of likely N-dealkylation sites (N-methyl/N-ethyl adjacent to an activating group) is 1. The molecule has 0 unspecified atom stereocenters. The van der Waals surface area contributed by atoms with Crippen molar-refractivity contribution in [3.8, 4) is 0 Å². The first kappa shape index (κ1) is 16.5. The smallest absolute Gasteiger partial charge is 0.191 e. The monoisotopic (exact) mass is 276 g/mol. The molecule has 0 spiro atoms. The Kier molecular flexibility index (Phi) is 7.09. The molecule has 4 heteroatoms. The Bertz CT molecular complexity index is 426. The average molecular weight is 276 g/mol. The molecule has 0 radical (unpaired) electrons. The second kappa shape index (κ2) is 8.59. The maximum atomic E-state index is 4.24. The summed E-state index contributed by atoms with van der Waals surface area (Å²) in [5.41, 5.74) is 2.55. The summed E-state index contributed by atoms with van der Waals surface area (Å²) in [6.45, 7) is 9.19. The Labute approximate surface area is 123 Å². The summed E-state index contributed by atoms with van der Waals surface area (Å²) < 4.78 is 0. The van der Waals surface area contributed by atoms with Gasteiger partial charge in [-0.1, -0.05) is 29.8 Å². The summed E-state index contributed by atoms with van der Waals surface area (Å²) in [5.74, 6) is 0.851. The van der Waals surface area contributed by atoms with Crippen LogP contribution in [0.25, 0.3) is 0 Å². The topological polar surface area (TPSA) is 39.7 Å². The van der Waals surface area contributed by atoms with Crippen molar-refractivity contribution in [1.82, 2.24) is 15.5 Å². The Morgan fingerprint density at radius 2 is 2.05 bits per heavy atom. The predicted octanol–water partition coefficient (Wildman–Crippen LogP) is 2.00. The SMILES string of the molecule is CN=C(NCCN(C)C(C)C)NCc1cccc(C)c1. The molecule has 0 aliphatic carbocycles. The molecule has 1 aromatic carbocycles. The number of nitrogens with one attached hydrogen (secondary N) is 2. The molecule has 0 bridgehead atoms. The molecular formula is C16H28N4. The Morgan fingerprint density at radius 3 is 2.65 bits per heavy atom. The van der Waals surface area contributed by atoms with Crippen LogP contribution in [-0.2, 0) is 6.54 Å². The van der Waals surface area contributed by atoms with Crippen molar-refractivity contribution >= 4 is 5.96 Å². The van der Waals surface area contributed by atoms with Gasteiger partial charge >= 0.3 is 0 Å². The van der Waals surface area contributed by atoms with E-state index in [1.54, 1.807) is 7.05 Å². The van der Waals surface area contributed by atoms with Gasteiger partial charge in [0.1, 0.15) is 0 Å². The van der Waals surface area contributed by atoms with E-state index in [1.807, 2.05) is 0 Å². The van der Waals surface area contributed by atoms with Gasteiger partial charge in [0.25, 0.3) is 0 Å². The number of rotatable bonds is 6. The highest BCUT2D eigenvalue weighted by molar-refractivity contribution is 5.79. The quantitative estimate of drug-likeness (QED) is 0.617.